The van der Waals surface area contributed by atoms with Crippen molar-refractivity contribution in [1.29, 1.82) is 0 Å². The van der Waals surface area contributed by atoms with Crippen molar-refractivity contribution in [2.45, 2.75) is 45.6 Å². The number of nitrogens with one attached hydrogen (secondary N) is 2. The van der Waals surface area contributed by atoms with E-state index in [-0.39, 0.29) is 22.9 Å². The maximum absolute atomic E-state index is 13.3. The van der Waals surface area contributed by atoms with E-state index in [1.54, 1.807) is 12.4 Å². The summed E-state index contributed by atoms with van der Waals surface area (Å²) >= 11 is 0. The predicted molar refractivity (Wildman–Crippen MR) is 123 cm³/mol. The van der Waals surface area contributed by atoms with Gasteiger partial charge in [0.1, 0.15) is 11.6 Å². The van der Waals surface area contributed by atoms with Gasteiger partial charge in [-0.25, -0.2) is 9.97 Å². The van der Waals surface area contributed by atoms with Gasteiger partial charge in [-0.1, -0.05) is 12.8 Å². The first-order valence-corrected chi connectivity index (χ1v) is 10.7. The molecule has 4 rings (SSSR count). The van der Waals surface area contributed by atoms with Gasteiger partial charge in [-0.3, -0.25) is 9.59 Å². The lowest BCUT2D eigenvalue weighted by Crippen LogP contribution is -2.30. The predicted octanol–water partition coefficient (Wildman–Crippen LogP) is 3.53. The normalized spacial score (nSPS) is 14.2. The van der Waals surface area contributed by atoms with Gasteiger partial charge < -0.3 is 20.9 Å². The quantitative estimate of drug-likeness (QED) is 0.501. The number of carbonyl (C=O) groups excluding carboxylic acids is 1. The molecule has 0 aromatic carbocycles. The second-order valence-electron chi connectivity index (χ2n) is 8.03. The molecule has 0 radical (unpaired) electrons. The van der Waals surface area contributed by atoms with Crippen molar-refractivity contribution in [2.75, 3.05) is 23.7 Å². The number of rotatable bonds is 7. The second-order valence-corrected chi connectivity index (χ2v) is 8.03. The van der Waals surface area contributed by atoms with Crippen molar-refractivity contribution in [3.8, 4) is 0 Å². The smallest absolute Gasteiger partial charge is 0.262 e. The van der Waals surface area contributed by atoms with Crippen LogP contribution in [-0.4, -0.2) is 33.4 Å². The minimum atomic E-state index is -0.203. The fraction of sp³-hybridized carbons (Fsp3) is 0.391. The Morgan fingerprint density at radius 2 is 1.94 bits per heavy atom. The maximum atomic E-state index is 13.3. The molecule has 1 fully saturated rings. The van der Waals surface area contributed by atoms with E-state index in [9.17, 15) is 9.59 Å². The van der Waals surface area contributed by atoms with Crippen LogP contribution >= 0.6 is 0 Å². The fourth-order valence-electron chi connectivity index (χ4n) is 4.39. The summed E-state index contributed by atoms with van der Waals surface area (Å²) in [5, 5.41) is 7.23. The van der Waals surface area contributed by atoms with Crippen LogP contribution in [0.4, 0.5) is 17.3 Å². The SMILES string of the molecule is CC(=O)c1c(C)c2cnc(Nc3ccc(NCCN)cn3)cc2n(C2CCCC2)c1=O. The molecule has 0 atom stereocenters. The van der Waals surface area contributed by atoms with Crippen LogP contribution in [0.5, 0.6) is 0 Å². The van der Waals surface area contributed by atoms with Crippen molar-refractivity contribution in [2.24, 2.45) is 5.73 Å². The number of nitrogens with two attached hydrogens (primary N) is 1. The number of nitrogens with zero attached hydrogens (tertiary/aromatic N) is 3. The highest BCUT2D eigenvalue weighted by Gasteiger charge is 2.25. The molecule has 8 nitrogen and oxygen atoms in total. The Morgan fingerprint density at radius 1 is 1.19 bits per heavy atom. The molecule has 8 heteroatoms. The minimum Gasteiger partial charge on any atom is -0.383 e. The second kappa shape index (κ2) is 8.85. The number of carbonyl (C=O) groups is 1. The van der Waals surface area contributed by atoms with Crippen molar-refractivity contribution < 1.29 is 4.79 Å². The lowest BCUT2D eigenvalue weighted by molar-refractivity contribution is 0.101. The summed E-state index contributed by atoms with van der Waals surface area (Å²) in [6, 6.07) is 5.77. The molecule has 0 saturated heterocycles. The molecule has 31 heavy (non-hydrogen) atoms. The van der Waals surface area contributed by atoms with Gasteiger partial charge in [0, 0.05) is 36.8 Å². The molecule has 1 saturated carbocycles. The molecule has 0 aliphatic heterocycles. The van der Waals surface area contributed by atoms with Crippen LogP contribution in [0.2, 0.25) is 0 Å². The van der Waals surface area contributed by atoms with Crippen LogP contribution in [0.3, 0.4) is 0 Å². The average molecular weight is 421 g/mol. The van der Waals surface area contributed by atoms with Crippen LogP contribution in [-0.2, 0) is 0 Å². The van der Waals surface area contributed by atoms with E-state index in [0.29, 0.717) is 30.3 Å². The van der Waals surface area contributed by atoms with Crippen molar-refractivity contribution in [3.05, 3.63) is 52.1 Å². The fourth-order valence-corrected chi connectivity index (χ4v) is 4.39. The first-order chi connectivity index (χ1) is 15.0. The van der Waals surface area contributed by atoms with Gasteiger partial charge in [0.25, 0.3) is 5.56 Å². The number of Topliss-reactive ketones (excluding diaryl/α,β-unsaturated/α-hetero) is 1. The highest BCUT2D eigenvalue weighted by atomic mass is 16.1. The summed E-state index contributed by atoms with van der Waals surface area (Å²) in [6.07, 6.45) is 7.54. The van der Waals surface area contributed by atoms with E-state index >= 15 is 0 Å². The molecule has 0 bridgehead atoms. The highest BCUT2D eigenvalue weighted by Crippen LogP contribution is 2.33. The van der Waals surface area contributed by atoms with Crippen LogP contribution in [0.15, 0.2) is 35.4 Å². The maximum Gasteiger partial charge on any atom is 0.262 e. The van der Waals surface area contributed by atoms with Crippen LogP contribution in [0.25, 0.3) is 10.9 Å². The molecule has 4 N–H and O–H groups in total. The Labute approximate surface area is 180 Å². The molecule has 3 aromatic rings. The van der Waals surface area contributed by atoms with E-state index in [4.69, 9.17) is 5.73 Å². The molecule has 1 aliphatic rings. The molecule has 162 valence electrons. The molecule has 1 aliphatic carbocycles. The largest absolute Gasteiger partial charge is 0.383 e. The number of hydrogen-bond donors (Lipinski definition) is 3. The lowest BCUT2D eigenvalue weighted by atomic mass is 10.0. The monoisotopic (exact) mass is 420 g/mol. The van der Waals surface area contributed by atoms with Gasteiger partial charge in [0.2, 0.25) is 0 Å². The molecular weight excluding hydrogens is 392 g/mol. The molecule has 0 unspecified atom stereocenters. The zero-order valence-electron chi connectivity index (χ0n) is 17.9. The van der Waals surface area contributed by atoms with Crippen LogP contribution in [0.1, 0.15) is 54.6 Å². The summed E-state index contributed by atoms with van der Waals surface area (Å²) in [5.41, 5.74) is 7.97. The third-order valence-electron chi connectivity index (χ3n) is 5.89. The number of hydrogen-bond acceptors (Lipinski definition) is 7. The molecule has 3 aromatic heterocycles. The average Bonchev–Trinajstić information content (AvgIpc) is 3.27. The number of anilines is 3. The summed E-state index contributed by atoms with van der Waals surface area (Å²) in [5.74, 6) is 1.05. The van der Waals surface area contributed by atoms with Gasteiger partial charge in [0.15, 0.2) is 5.78 Å². The zero-order chi connectivity index (χ0) is 22.0. The Kier molecular flexibility index (Phi) is 5.99. The van der Waals surface area contributed by atoms with E-state index in [2.05, 4.69) is 20.6 Å². The molecule has 0 amide bonds. The third kappa shape index (κ3) is 4.16. The first-order valence-electron chi connectivity index (χ1n) is 10.7. The standard InChI is InChI=1S/C23H28N6O2/c1-14-18-13-27-21(28-20-8-7-16(12-26-20)25-10-9-24)11-19(18)29(17-5-3-4-6-17)23(31)22(14)15(2)30/h7-8,11-13,17,25H,3-6,9-10,24H2,1-2H3,(H,26,27,28). The van der Waals surface area contributed by atoms with Gasteiger partial charge >= 0.3 is 0 Å². The number of aryl methyl sites for hydroxylation is 1. The molecular formula is C23H28N6O2. The number of fused-ring (bicyclic) bond motifs is 1. The number of ketones is 1. The molecule has 0 spiro atoms. The Morgan fingerprint density at radius 3 is 2.58 bits per heavy atom. The van der Waals surface area contributed by atoms with Crippen LogP contribution < -0.4 is 21.9 Å². The van der Waals surface area contributed by atoms with Gasteiger partial charge in [-0.15, -0.1) is 0 Å². The Balaban J connectivity index is 1.75. The Bertz CT molecular complexity index is 1160. The minimum absolute atomic E-state index is 0.106. The number of pyridine rings is 3. The highest BCUT2D eigenvalue weighted by molar-refractivity contribution is 6.00. The summed E-state index contributed by atoms with van der Waals surface area (Å²) < 4.78 is 1.81. The summed E-state index contributed by atoms with van der Waals surface area (Å²) in [6.45, 7) is 4.51. The van der Waals surface area contributed by atoms with E-state index in [0.717, 1.165) is 42.3 Å². The first kappa shape index (κ1) is 21.0. The van der Waals surface area contributed by atoms with Gasteiger partial charge in [-0.2, -0.15) is 0 Å². The topological polar surface area (TPSA) is 115 Å². The van der Waals surface area contributed by atoms with Gasteiger partial charge in [-0.05, 0) is 44.4 Å². The lowest BCUT2D eigenvalue weighted by Gasteiger charge is -2.20. The van der Waals surface area contributed by atoms with E-state index < -0.39 is 0 Å². The van der Waals surface area contributed by atoms with Gasteiger partial charge in [0.05, 0.1) is 23.0 Å². The van der Waals surface area contributed by atoms with Crippen molar-refractivity contribution in [1.82, 2.24) is 14.5 Å². The third-order valence-corrected chi connectivity index (χ3v) is 5.89. The number of aromatic nitrogens is 3. The zero-order valence-corrected chi connectivity index (χ0v) is 17.9. The van der Waals surface area contributed by atoms with Crippen molar-refractivity contribution in [3.63, 3.8) is 0 Å². The molecule has 3 heterocycles. The van der Waals surface area contributed by atoms with E-state index in [1.165, 1.54) is 6.92 Å². The van der Waals surface area contributed by atoms with Crippen molar-refractivity contribution >= 4 is 34.0 Å². The summed E-state index contributed by atoms with van der Waals surface area (Å²) in [4.78, 5) is 34.5. The summed E-state index contributed by atoms with van der Waals surface area (Å²) in [7, 11) is 0. The van der Waals surface area contributed by atoms with E-state index in [1.807, 2.05) is 29.7 Å². The Hall–Kier alpha value is -3.26. The van der Waals surface area contributed by atoms with Crippen LogP contribution in [0, 0.1) is 6.92 Å².